The van der Waals surface area contributed by atoms with Crippen LogP contribution in [-0.4, -0.2) is 53.7 Å². The van der Waals surface area contributed by atoms with E-state index in [2.05, 4.69) is 15.5 Å². The SMILES string of the molecule is Cn1nnnc1C(C=C[C@@H](O)CC(O)CC(=O)O)=C(c1ccc(F)cc1)c1ccc(F)cc1. The Morgan fingerprint density at radius 1 is 1.03 bits per heavy atom. The Morgan fingerprint density at radius 3 is 2.03 bits per heavy atom. The number of hydrogen-bond donors (Lipinski definition) is 3. The van der Waals surface area contributed by atoms with Crippen molar-refractivity contribution in [1.29, 1.82) is 0 Å². The second-order valence-corrected chi connectivity index (χ2v) is 7.34. The minimum absolute atomic E-state index is 0.199. The van der Waals surface area contributed by atoms with E-state index in [1.165, 1.54) is 41.1 Å². The third-order valence-electron chi connectivity index (χ3n) is 4.81. The number of nitrogens with zero attached hydrogens (tertiary/aromatic N) is 4. The van der Waals surface area contributed by atoms with Crippen LogP contribution in [0.5, 0.6) is 0 Å². The van der Waals surface area contributed by atoms with Crippen molar-refractivity contribution in [3.05, 3.63) is 89.3 Å². The van der Waals surface area contributed by atoms with Crippen LogP contribution in [0.3, 0.4) is 0 Å². The van der Waals surface area contributed by atoms with Crippen molar-refractivity contribution >= 4 is 17.1 Å². The lowest BCUT2D eigenvalue weighted by molar-refractivity contribution is -0.139. The van der Waals surface area contributed by atoms with Gasteiger partial charge in [0.1, 0.15) is 11.6 Å². The molecule has 10 heteroatoms. The van der Waals surface area contributed by atoms with Crippen molar-refractivity contribution in [1.82, 2.24) is 20.2 Å². The highest BCUT2D eigenvalue weighted by atomic mass is 19.1. The van der Waals surface area contributed by atoms with E-state index < -0.39 is 36.2 Å². The molecule has 3 aromatic rings. The van der Waals surface area contributed by atoms with Crippen LogP contribution < -0.4 is 0 Å². The fourth-order valence-corrected chi connectivity index (χ4v) is 3.29. The minimum atomic E-state index is -1.24. The maximum absolute atomic E-state index is 13.6. The largest absolute Gasteiger partial charge is 0.481 e. The second kappa shape index (κ2) is 10.7. The number of carboxylic acids is 1. The zero-order chi connectivity index (χ0) is 24.0. The summed E-state index contributed by atoms with van der Waals surface area (Å²) in [6.07, 6.45) is -0.196. The molecule has 2 aromatic carbocycles. The Hall–Kier alpha value is -3.76. The van der Waals surface area contributed by atoms with Crippen LogP contribution in [0.2, 0.25) is 0 Å². The summed E-state index contributed by atoms with van der Waals surface area (Å²) in [4.78, 5) is 10.8. The zero-order valence-corrected chi connectivity index (χ0v) is 17.6. The first-order valence-electron chi connectivity index (χ1n) is 9.99. The first-order chi connectivity index (χ1) is 15.7. The maximum atomic E-state index is 13.6. The van der Waals surface area contributed by atoms with Gasteiger partial charge >= 0.3 is 5.97 Å². The number of carbonyl (C=O) groups is 1. The van der Waals surface area contributed by atoms with Crippen LogP contribution in [0.4, 0.5) is 8.78 Å². The molecule has 0 amide bonds. The van der Waals surface area contributed by atoms with Crippen molar-refractivity contribution < 1.29 is 28.9 Å². The van der Waals surface area contributed by atoms with Gasteiger partial charge in [0.15, 0.2) is 5.82 Å². The molecule has 0 bridgehead atoms. The summed E-state index contributed by atoms with van der Waals surface area (Å²) >= 11 is 0. The molecule has 2 atom stereocenters. The van der Waals surface area contributed by atoms with E-state index in [4.69, 9.17) is 5.11 Å². The molecule has 8 nitrogen and oxygen atoms in total. The van der Waals surface area contributed by atoms with E-state index in [0.29, 0.717) is 28.1 Å². The fraction of sp³-hybridized carbons (Fsp3) is 0.217. The number of aliphatic hydroxyl groups excluding tert-OH is 2. The summed E-state index contributed by atoms with van der Waals surface area (Å²) < 4.78 is 28.6. The monoisotopic (exact) mass is 456 g/mol. The summed E-state index contributed by atoms with van der Waals surface area (Å²) in [5.41, 5.74) is 2.16. The van der Waals surface area contributed by atoms with Crippen LogP contribution in [-0.2, 0) is 11.8 Å². The molecule has 33 heavy (non-hydrogen) atoms. The summed E-state index contributed by atoms with van der Waals surface area (Å²) in [6.45, 7) is 0. The molecular formula is C23H22F2N4O4. The lowest BCUT2D eigenvalue weighted by atomic mass is 9.91. The molecule has 3 N–H and O–H groups in total. The molecule has 1 heterocycles. The molecular weight excluding hydrogens is 434 g/mol. The van der Waals surface area contributed by atoms with Gasteiger partial charge in [-0.05, 0) is 51.4 Å². The molecule has 3 rings (SSSR count). The van der Waals surface area contributed by atoms with Gasteiger partial charge in [-0.1, -0.05) is 36.4 Å². The maximum Gasteiger partial charge on any atom is 0.305 e. The average molecular weight is 456 g/mol. The molecule has 0 saturated heterocycles. The second-order valence-electron chi connectivity index (χ2n) is 7.34. The number of rotatable bonds is 9. The standard InChI is InChI=1S/C23H22F2N4O4/c1-29-23(26-27-28-29)20(11-10-18(30)12-19(31)13-21(32)33)22(14-2-6-16(24)7-3-14)15-4-8-17(25)9-5-15/h2-11,18-19,30-31H,12-13H2,1H3,(H,32,33)/t18-,19?/m1/s1. The molecule has 0 aliphatic heterocycles. The molecule has 0 spiro atoms. The number of aromatic nitrogens is 4. The zero-order valence-electron chi connectivity index (χ0n) is 17.6. The Balaban J connectivity index is 2.13. The Labute approximate surface area is 188 Å². The fourth-order valence-electron chi connectivity index (χ4n) is 3.29. The van der Waals surface area contributed by atoms with Crippen LogP contribution in [0.25, 0.3) is 11.1 Å². The van der Waals surface area contributed by atoms with Crippen LogP contribution in [0.1, 0.15) is 29.8 Å². The van der Waals surface area contributed by atoms with Gasteiger partial charge in [0, 0.05) is 19.0 Å². The number of halogens is 2. The third-order valence-corrected chi connectivity index (χ3v) is 4.81. The van der Waals surface area contributed by atoms with Gasteiger partial charge in [-0.15, -0.1) is 5.10 Å². The Kier molecular flexibility index (Phi) is 7.75. The minimum Gasteiger partial charge on any atom is -0.481 e. The summed E-state index contributed by atoms with van der Waals surface area (Å²) in [5.74, 6) is -1.73. The Morgan fingerprint density at radius 2 is 1.58 bits per heavy atom. The number of aliphatic carboxylic acids is 1. The van der Waals surface area contributed by atoms with E-state index >= 15 is 0 Å². The molecule has 0 aliphatic carbocycles. The molecule has 172 valence electrons. The number of aryl methyl sites for hydroxylation is 1. The van der Waals surface area contributed by atoms with Crippen molar-refractivity contribution in [2.45, 2.75) is 25.0 Å². The molecule has 0 radical (unpaired) electrons. The van der Waals surface area contributed by atoms with Gasteiger partial charge in [-0.2, -0.15) is 0 Å². The number of aliphatic hydroxyl groups is 2. The predicted molar refractivity (Wildman–Crippen MR) is 116 cm³/mol. The van der Waals surface area contributed by atoms with E-state index in [1.807, 2.05) is 0 Å². The third kappa shape index (κ3) is 6.37. The van der Waals surface area contributed by atoms with Crippen molar-refractivity contribution in [3.63, 3.8) is 0 Å². The van der Waals surface area contributed by atoms with Gasteiger partial charge in [0.05, 0.1) is 18.6 Å². The van der Waals surface area contributed by atoms with Crippen LogP contribution >= 0.6 is 0 Å². The number of allylic oxidation sites excluding steroid dienone is 2. The predicted octanol–water partition coefficient (Wildman–Crippen LogP) is 2.59. The molecule has 0 saturated carbocycles. The quantitative estimate of drug-likeness (QED) is 0.423. The molecule has 1 unspecified atom stereocenters. The lowest BCUT2D eigenvalue weighted by Crippen LogP contribution is -2.19. The summed E-state index contributed by atoms with van der Waals surface area (Å²) in [5, 5.41) is 40.5. The van der Waals surface area contributed by atoms with Crippen LogP contribution in [0, 0.1) is 11.6 Å². The lowest BCUT2D eigenvalue weighted by Gasteiger charge is -2.15. The number of tetrazole rings is 1. The van der Waals surface area contributed by atoms with Gasteiger partial charge in [0.2, 0.25) is 0 Å². The van der Waals surface area contributed by atoms with E-state index in [-0.39, 0.29) is 6.42 Å². The summed E-state index contributed by atoms with van der Waals surface area (Å²) in [6, 6.07) is 11.4. The topological polar surface area (TPSA) is 121 Å². The van der Waals surface area contributed by atoms with Gasteiger partial charge in [0.25, 0.3) is 0 Å². The average Bonchev–Trinajstić information content (AvgIpc) is 3.18. The number of benzene rings is 2. The van der Waals surface area contributed by atoms with E-state index in [9.17, 15) is 23.8 Å². The van der Waals surface area contributed by atoms with E-state index in [1.54, 1.807) is 31.3 Å². The van der Waals surface area contributed by atoms with Crippen LogP contribution in [0.15, 0.2) is 60.7 Å². The van der Waals surface area contributed by atoms with Crippen molar-refractivity contribution in [3.8, 4) is 0 Å². The highest BCUT2D eigenvalue weighted by Crippen LogP contribution is 2.32. The van der Waals surface area contributed by atoms with E-state index in [0.717, 1.165) is 0 Å². The normalized spacial score (nSPS) is 13.1. The van der Waals surface area contributed by atoms with Crippen molar-refractivity contribution in [2.24, 2.45) is 7.05 Å². The summed E-state index contributed by atoms with van der Waals surface area (Å²) in [7, 11) is 1.61. The smallest absolute Gasteiger partial charge is 0.305 e. The van der Waals surface area contributed by atoms with Gasteiger partial charge in [-0.25, -0.2) is 13.5 Å². The van der Waals surface area contributed by atoms with Gasteiger partial charge < -0.3 is 15.3 Å². The number of hydrogen-bond acceptors (Lipinski definition) is 6. The number of carboxylic acid groups (broad SMARTS) is 1. The van der Waals surface area contributed by atoms with Gasteiger partial charge in [-0.3, -0.25) is 4.79 Å². The molecule has 0 aliphatic rings. The Bertz CT molecular complexity index is 1110. The first kappa shape index (κ1) is 23.9. The first-order valence-corrected chi connectivity index (χ1v) is 9.99. The highest BCUT2D eigenvalue weighted by molar-refractivity contribution is 6.00. The molecule has 1 aromatic heterocycles. The molecule has 0 fully saturated rings. The van der Waals surface area contributed by atoms with Crippen molar-refractivity contribution in [2.75, 3.05) is 0 Å². The highest BCUT2D eigenvalue weighted by Gasteiger charge is 2.18.